The lowest BCUT2D eigenvalue weighted by atomic mass is 10.0. The third kappa shape index (κ3) is 2.77. The number of hydrogen-bond donors (Lipinski definition) is 1. The molecule has 6 nitrogen and oxygen atoms in total. The number of rotatable bonds is 3. The number of ether oxygens (including phenoxy) is 2. The molecule has 4 rings (SSSR count). The van der Waals surface area contributed by atoms with Gasteiger partial charge in [-0.2, -0.15) is 0 Å². The van der Waals surface area contributed by atoms with Gasteiger partial charge in [-0.3, -0.25) is 9.59 Å². The van der Waals surface area contributed by atoms with E-state index in [0.717, 1.165) is 29.9 Å². The first-order valence-corrected chi connectivity index (χ1v) is 8.54. The number of para-hydroxylation sites is 1. The average Bonchev–Trinajstić information content (AvgIpc) is 3.30. The fourth-order valence-corrected chi connectivity index (χ4v) is 3.57. The van der Waals surface area contributed by atoms with Crippen LogP contribution < -0.4 is 9.47 Å². The number of Topliss-reactive ketones (excluding diaryl/α,β-unsaturated/α-hetero) is 1. The lowest BCUT2D eigenvalue weighted by Gasteiger charge is -2.28. The molecule has 1 saturated heterocycles. The molecule has 1 aromatic heterocycles. The van der Waals surface area contributed by atoms with Crippen LogP contribution in [0.25, 0.3) is 0 Å². The summed E-state index contributed by atoms with van der Waals surface area (Å²) in [6, 6.07) is 7.41. The van der Waals surface area contributed by atoms with Crippen LogP contribution in [0.5, 0.6) is 11.5 Å². The number of fused-ring (bicyclic) bond motifs is 1. The van der Waals surface area contributed by atoms with Crippen LogP contribution in [0.4, 0.5) is 0 Å². The van der Waals surface area contributed by atoms with Crippen LogP contribution in [0.1, 0.15) is 52.2 Å². The zero-order chi connectivity index (χ0) is 17.4. The topological polar surface area (TPSA) is 71.6 Å². The standard InChI is InChI=1S/C19H20N2O4/c1-12(22)13-10-15(20-11-13)19(23)21-7-3-5-16(21)14-4-2-6-17-18(14)25-9-8-24-17/h2,4,6,10-11,16,20H,3,5,7-9H2,1H3/t16-/m1/s1. The number of hydrogen-bond acceptors (Lipinski definition) is 4. The molecule has 1 aromatic carbocycles. The highest BCUT2D eigenvalue weighted by Crippen LogP contribution is 2.43. The summed E-state index contributed by atoms with van der Waals surface area (Å²) in [5.74, 6) is 1.33. The average molecular weight is 340 g/mol. The van der Waals surface area contributed by atoms with Crippen molar-refractivity contribution in [3.8, 4) is 11.5 Å². The second-order valence-corrected chi connectivity index (χ2v) is 6.39. The Kier molecular flexibility index (Phi) is 3.95. The molecule has 0 bridgehead atoms. The quantitative estimate of drug-likeness (QED) is 0.872. The monoisotopic (exact) mass is 340 g/mol. The maximum atomic E-state index is 12.9. The number of ketones is 1. The molecule has 2 aliphatic heterocycles. The number of amides is 1. The molecule has 0 spiro atoms. The van der Waals surface area contributed by atoms with Crippen LogP contribution >= 0.6 is 0 Å². The molecule has 25 heavy (non-hydrogen) atoms. The molecule has 130 valence electrons. The van der Waals surface area contributed by atoms with Crippen molar-refractivity contribution < 1.29 is 19.1 Å². The molecule has 2 aliphatic rings. The molecule has 1 fully saturated rings. The van der Waals surface area contributed by atoms with Gasteiger partial charge in [0, 0.05) is 23.9 Å². The van der Waals surface area contributed by atoms with Gasteiger partial charge < -0.3 is 19.4 Å². The highest BCUT2D eigenvalue weighted by molar-refractivity contribution is 5.99. The van der Waals surface area contributed by atoms with Crippen LogP contribution in [-0.2, 0) is 0 Å². The van der Waals surface area contributed by atoms with Crippen molar-refractivity contribution >= 4 is 11.7 Å². The van der Waals surface area contributed by atoms with E-state index in [1.807, 2.05) is 23.1 Å². The number of nitrogens with zero attached hydrogens (tertiary/aromatic N) is 1. The van der Waals surface area contributed by atoms with Gasteiger partial charge in [-0.25, -0.2) is 0 Å². The second kappa shape index (κ2) is 6.27. The third-order valence-corrected chi connectivity index (χ3v) is 4.79. The van der Waals surface area contributed by atoms with Crippen molar-refractivity contribution in [3.05, 3.63) is 47.3 Å². The van der Waals surface area contributed by atoms with Crippen LogP contribution in [0, 0.1) is 0 Å². The molecule has 0 radical (unpaired) electrons. The lowest BCUT2D eigenvalue weighted by molar-refractivity contribution is 0.0725. The number of aromatic amines is 1. The number of carbonyl (C=O) groups is 2. The van der Waals surface area contributed by atoms with Gasteiger partial charge in [-0.1, -0.05) is 12.1 Å². The van der Waals surface area contributed by atoms with Crippen molar-refractivity contribution in [2.75, 3.05) is 19.8 Å². The van der Waals surface area contributed by atoms with E-state index in [1.165, 1.54) is 6.92 Å². The molecular formula is C19H20N2O4. The zero-order valence-corrected chi connectivity index (χ0v) is 14.1. The molecule has 3 heterocycles. The molecular weight excluding hydrogens is 320 g/mol. The Bertz CT molecular complexity index is 827. The first kappa shape index (κ1) is 15.7. The van der Waals surface area contributed by atoms with Crippen molar-refractivity contribution in [2.45, 2.75) is 25.8 Å². The summed E-state index contributed by atoms with van der Waals surface area (Å²) in [5, 5.41) is 0. The fourth-order valence-electron chi connectivity index (χ4n) is 3.57. The predicted molar refractivity (Wildman–Crippen MR) is 91.2 cm³/mol. The van der Waals surface area contributed by atoms with Gasteiger partial charge >= 0.3 is 0 Å². The molecule has 1 amide bonds. The van der Waals surface area contributed by atoms with Gasteiger partial charge in [0.1, 0.15) is 18.9 Å². The molecule has 0 unspecified atom stereocenters. The first-order chi connectivity index (χ1) is 12.1. The van der Waals surface area contributed by atoms with Crippen molar-refractivity contribution in [2.24, 2.45) is 0 Å². The van der Waals surface area contributed by atoms with Gasteiger partial charge in [0.05, 0.1) is 6.04 Å². The summed E-state index contributed by atoms with van der Waals surface area (Å²) in [4.78, 5) is 29.2. The summed E-state index contributed by atoms with van der Waals surface area (Å²) in [7, 11) is 0. The number of H-pyrrole nitrogens is 1. The van der Waals surface area contributed by atoms with Gasteiger partial charge in [0.25, 0.3) is 5.91 Å². The van der Waals surface area contributed by atoms with Crippen LogP contribution in [-0.4, -0.2) is 41.3 Å². The Balaban J connectivity index is 1.64. The fraction of sp³-hybridized carbons (Fsp3) is 0.368. The summed E-state index contributed by atoms with van der Waals surface area (Å²) >= 11 is 0. The Labute approximate surface area is 145 Å². The highest BCUT2D eigenvalue weighted by Gasteiger charge is 2.34. The molecule has 1 N–H and O–H groups in total. The van der Waals surface area contributed by atoms with E-state index in [0.29, 0.717) is 31.0 Å². The van der Waals surface area contributed by atoms with Crippen molar-refractivity contribution in [3.63, 3.8) is 0 Å². The van der Waals surface area contributed by atoms with Gasteiger partial charge in [-0.15, -0.1) is 0 Å². The lowest BCUT2D eigenvalue weighted by Crippen LogP contribution is -2.31. The smallest absolute Gasteiger partial charge is 0.270 e. The minimum Gasteiger partial charge on any atom is -0.486 e. The van der Waals surface area contributed by atoms with E-state index in [2.05, 4.69) is 4.98 Å². The Hall–Kier alpha value is -2.76. The maximum absolute atomic E-state index is 12.9. The number of benzene rings is 1. The number of nitrogens with one attached hydrogen (secondary N) is 1. The third-order valence-electron chi connectivity index (χ3n) is 4.79. The molecule has 0 aliphatic carbocycles. The molecule has 0 saturated carbocycles. The summed E-state index contributed by atoms with van der Waals surface area (Å²) in [6.45, 7) is 3.23. The van der Waals surface area contributed by atoms with Crippen molar-refractivity contribution in [1.29, 1.82) is 0 Å². The summed E-state index contributed by atoms with van der Waals surface area (Å²) in [5.41, 5.74) is 1.95. The maximum Gasteiger partial charge on any atom is 0.270 e. The van der Waals surface area contributed by atoms with Gasteiger partial charge in [-0.05, 0) is 31.9 Å². The molecule has 6 heteroatoms. The van der Waals surface area contributed by atoms with Gasteiger partial charge in [0.2, 0.25) is 0 Å². The first-order valence-electron chi connectivity index (χ1n) is 8.54. The number of likely N-dealkylation sites (tertiary alicyclic amines) is 1. The van der Waals surface area contributed by atoms with Crippen LogP contribution in [0.2, 0.25) is 0 Å². The van der Waals surface area contributed by atoms with E-state index in [4.69, 9.17) is 9.47 Å². The molecule has 1 atom stereocenters. The normalized spacial score (nSPS) is 19.1. The zero-order valence-electron chi connectivity index (χ0n) is 14.1. The van der Waals surface area contributed by atoms with E-state index >= 15 is 0 Å². The van der Waals surface area contributed by atoms with E-state index in [-0.39, 0.29) is 17.7 Å². The van der Waals surface area contributed by atoms with Gasteiger partial charge in [0.15, 0.2) is 17.3 Å². The number of carbonyl (C=O) groups excluding carboxylic acids is 2. The summed E-state index contributed by atoms with van der Waals surface area (Å²) < 4.78 is 11.5. The Morgan fingerprint density at radius 1 is 1.24 bits per heavy atom. The SMILES string of the molecule is CC(=O)c1c[nH]c(C(=O)N2CCC[C@@H]2c2cccc3c2OCCO3)c1. The summed E-state index contributed by atoms with van der Waals surface area (Å²) in [6.07, 6.45) is 3.40. The van der Waals surface area contributed by atoms with Crippen molar-refractivity contribution in [1.82, 2.24) is 9.88 Å². The number of aromatic nitrogens is 1. The van der Waals surface area contributed by atoms with E-state index < -0.39 is 0 Å². The Morgan fingerprint density at radius 3 is 2.88 bits per heavy atom. The minimum atomic E-state index is -0.0932. The Morgan fingerprint density at radius 2 is 2.08 bits per heavy atom. The minimum absolute atomic E-state index is 0.0479. The second-order valence-electron chi connectivity index (χ2n) is 6.39. The van der Waals surface area contributed by atoms with Crippen LogP contribution in [0.3, 0.4) is 0 Å². The highest BCUT2D eigenvalue weighted by atomic mass is 16.6. The largest absolute Gasteiger partial charge is 0.486 e. The molecule has 2 aromatic rings. The van der Waals surface area contributed by atoms with E-state index in [1.54, 1.807) is 12.3 Å². The predicted octanol–water partition coefficient (Wildman–Crippen LogP) is 2.97. The van der Waals surface area contributed by atoms with Crippen LogP contribution in [0.15, 0.2) is 30.5 Å². The van der Waals surface area contributed by atoms with E-state index in [9.17, 15) is 9.59 Å².